The maximum atomic E-state index is 5.72. The normalized spacial score (nSPS) is 10.4. The minimum absolute atomic E-state index is 0.801. The molecule has 1 nitrogen and oxygen atoms in total. The van der Waals surface area contributed by atoms with Crippen LogP contribution in [0.4, 0.5) is 0 Å². The first-order chi connectivity index (χ1) is 9.24. The van der Waals surface area contributed by atoms with E-state index in [1.54, 1.807) is 0 Å². The molecular formula is C18H22O. The summed E-state index contributed by atoms with van der Waals surface area (Å²) in [4.78, 5) is 0. The highest BCUT2D eigenvalue weighted by molar-refractivity contribution is 5.26. The molecule has 2 aromatic carbocycles. The van der Waals surface area contributed by atoms with Crippen LogP contribution in [0.1, 0.15) is 29.5 Å². The van der Waals surface area contributed by atoms with Crippen molar-refractivity contribution in [2.75, 3.05) is 6.61 Å². The van der Waals surface area contributed by atoms with E-state index in [2.05, 4.69) is 50.2 Å². The fourth-order valence-corrected chi connectivity index (χ4v) is 2.01. The molecule has 2 rings (SSSR count). The summed E-state index contributed by atoms with van der Waals surface area (Å²) >= 11 is 0. The topological polar surface area (TPSA) is 9.23 Å². The molecule has 0 unspecified atom stereocenters. The Hall–Kier alpha value is -1.76. The van der Waals surface area contributed by atoms with Gasteiger partial charge in [-0.05, 0) is 50.8 Å². The number of benzene rings is 2. The van der Waals surface area contributed by atoms with Crippen molar-refractivity contribution in [3.63, 3.8) is 0 Å². The van der Waals surface area contributed by atoms with E-state index in [0.29, 0.717) is 0 Å². The predicted molar refractivity (Wildman–Crippen MR) is 80.8 cm³/mol. The SMILES string of the molecule is Cc1ccc(CCCCOc2ccc(C)cc2)cc1. The highest BCUT2D eigenvalue weighted by Gasteiger charge is 1.95. The molecule has 0 amide bonds. The van der Waals surface area contributed by atoms with Gasteiger partial charge in [0, 0.05) is 0 Å². The quantitative estimate of drug-likeness (QED) is 0.679. The summed E-state index contributed by atoms with van der Waals surface area (Å²) in [6, 6.07) is 17.0. The fourth-order valence-electron chi connectivity index (χ4n) is 2.01. The molecule has 0 heterocycles. The first-order valence-electron chi connectivity index (χ1n) is 6.99. The van der Waals surface area contributed by atoms with Gasteiger partial charge in [-0.3, -0.25) is 0 Å². The molecule has 1 heteroatoms. The second kappa shape index (κ2) is 6.98. The molecular weight excluding hydrogens is 232 g/mol. The van der Waals surface area contributed by atoms with Crippen molar-refractivity contribution in [3.05, 3.63) is 65.2 Å². The molecule has 0 fully saturated rings. The number of ether oxygens (including phenoxy) is 1. The number of aryl methyl sites for hydroxylation is 3. The number of rotatable bonds is 6. The van der Waals surface area contributed by atoms with Crippen LogP contribution in [-0.4, -0.2) is 6.61 Å². The summed E-state index contributed by atoms with van der Waals surface area (Å²) in [5, 5.41) is 0. The highest BCUT2D eigenvalue weighted by atomic mass is 16.5. The van der Waals surface area contributed by atoms with Gasteiger partial charge in [0.1, 0.15) is 5.75 Å². The zero-order chi connectivity index (χ0) is 13.5. The van der Waals surface area contributed by atoms with Crippen molar-refractivity contribution in [2.24, 2.45) is 0 Å². The van der Waals surface area contributed by atoms with E-state index in [4.69, 9.17) is 4.74 Å². The third-order valence-corrected chi connectivity index (χ3v) is 3.27. The van der Waals surface area contributed by atoms with Crippen LogP contribution >= 0.6 is 0 Å². The van der Waals surface area contributed by atoms with Gasteiger partial charge in [0.15, 0.2) is 0 Å². The first-order valence-corrected chi connectivity index (χ1v) is 6.99. The van der Waals surface area contributed by atoms with Crippen molar-refractivity contribution < 1.29 is 4.74 Å². The molecule has 0 radical (unpaired) electrons. The molecule has 19 heavy (non-hydrogen) atoms. The zero-order valence-electron chi connectivity index (χ0n) is 11.9. The Morgan fingerprint density at radius 3 is 1.95 bits per heavy atom. The molecule has 0 saturated heterocycles. The third-order valence-electron chi connectivity index (χ3n) is 3.27. The van der Waals surface area contributed by atoms with Gasteiger partial charge in [0.25, 0.3) is 0 Å². The molecule has 0 aromatic heterocycles. The lowest BCUT2D eigenvalue weighted by Gasteiger charge is -2.06. The van der Waals surface area contributed by atoms with E-state index in [-0.39, 0.29) is 0 Å². The third kappa shape index (κ3) is 4.78. The molecule has 0 aliphatic carbocycles. The molecule has 0 N–H and O–H groups in total. The Bertz CT molecular complexity index is 435. The Kier molecular flexibility index (Phi) is 5.02. The Morgan fingerprint density at radius 1 is 0.737 bits per heavy atom. The molecule has 2 aromatic rings. The summed E-state index contributed by atoms with van der Waals surface area (Å²) < 4.78 is 5.72. The second-order valence-electron chi connectivity index (χ2n) is 5.10. The van der Waals surface area contributed by atoms with Gasteiger partial charge >= 0.3 is 0 Å². The predicted octanol–water partition coefficient (Wildman–Crippen LogP) is 4.71. The lowest BCUT2D eigenvalue weighted by Crippen LogP contribution is -1.98. The maximum absolute atomic E-state index is 5.72. The minimum Gasteiger partial charge on any atom is -0.494 e. The van der Waals surface area contributed by atoms with E-state index in [9.17, 15) is 0 Å². The maximum Gasteiger partial charge on any atom is 0.119 e. The van der Waals surface area contributed by atoms with Crippen LogP contribution in [0.5, 0.6) is 5.75 Å². The summed E-state index contributed by atoms with van der Waals surface area (Å²) in [5.74, 6) is 0.973. The van der Waals surface area contributed by atoms with E-state index in [1.807, 2.05) is 12.1 Å². The monoisotopic (exact) mass is 254 g/mol. The van der Waals surface area contributed by atoms with Gasteiger partial charge < -0.3 is 4.74 Å². The second-order valence-corrected chi connectivity index (χ2v) is 5.10. The van der Waals surface area contributed by atoms with E-state index in [0.717, 1.165) is 25.2 Å². The lowest BCUT2D eigenvalue weighted by molar-refractivity contribution is 0.307. The summed E-state index contributed by atoms with van der Waals surface area (Å²) in [7, 11) is 0. The average Bonchev–Trinajstić information content (AvgIpc) is 2.43. The molecule has 0 atom stereocenters. The minimum atomic E-state index is 0.801. The van der Waals surface area contributed by atoms with Crippen LogP contribution in [0.3, 0.4) is 0 Å². The van der Waals surface area contributed by atoms with Gasteiger partial charge in [0.05, 0.1) is 6.61 Å². The summed E-state index contributed by atoms with van der Waals surface area (Å²) in [6.45, 7) is 5.01. The van der Waals surface area contributed by atoms with Crippen molar-refractivity contribution in [2.45, 2.75) is 33.1 Å². The van der Waals surface area contributed by atoms with E-state index in [1.165, 1.54) is 23.1 Å². The Morgan fingerprint density at radius 2 is 1.32 bits per heavy atom. The van der Waals surface area contributed by atoms with Crippen molar-refractivity contribution >= 4 is 0 Å². The van der Waals surface area contributed by atoms with Crippen LogP contribution in [0.2, 0.25) is 0 Å². The van der Waals surface area contributed by atoms with Gasteiger partial charge in [0.2, 0.25) is 0 Å². The zero-order valence-corrected chi connectivity index (χ0v) is 11.9. The van der Waals surface area contributed by atoms with Crippen molar-refractivity contribution in [1.82, 2.24) is 0 Å². The summed E-state index contributed by atoms with van der Waals surface area (Å²) in [5.41, 5.74) is 4.01. The molecule has 0 spiro atoms. The standard InChI is InChI=1S/C18H22O/c1-15-6-10-17(11-7-15)5-3-4-14-19-18-12-8-16(2)9-13-18/h6-13H,3-5,14H2,1-2H3. The van der Waals surface area contributed by atoms with Crippen LogP contribution in [0, 0.1) is 13.8 Å². The van der Waals surface area contributed by atoms with Crippen molar-refractivity contribution in [1.29, 1.82) is 0 Å². The van der Waals surface area contributed by atoms with Gasteiger partial charge in [-0.1, -0.05) is 47.5 Å². The van der Waals surface area contributed by atoms with Crippen LogP contribution < -0.4 is 4.74 Å². The molecule has 0 saturated carbocycles. The average molecular weight is 254 g/mol. The lowest BCUT2D eigenvalue weighted by atomic mass is 10.1. The summed E-state index contributed by atoms with van der Waals surface area (Å²) in [6.07, 6.45) is 3.41. The van der Waals surface area contributed by atoms with Crippen LogP contribution in [0.15, 0.2) is 48.5 Å². The number of hydrogen-bond donors (Lipinski definition) is 0. The van der Waals surface area contributed by atoms with E-state index >= 15 is 0 Å². The fraction of sp³-hybridized carbons (Fsp3) is 0.333. The van der Waals surface area contributed by atoms with Gasteiger partial charge in [-0.15, -0.1) is 0 Å². The smallest absolute Gasteiger partial charge is 0.119 e. The van der Waals surface area contributed by atoms with Crippen LogP contribution in [-0.2, 0) is 6.42 Å². The molecule has 0 aliphatic rings. The molecule has 0 aliphatic heterocycles. The Balaban J connectivity index is 1.64. The van der Waals surface area contributed by atoms with E-state index < -0.39 is 0 Å². The molecule has 100 valence electrons. The largest absolute Gasteiger partial charge is 0.494 e. The molecule has 0 bridgehead atoms. The number of unbranched alkanes of at least 4 members (excludes halogenated alkanes) is 1. The van der Waals surface area contributed by atoms with Gasteiger partial charge in [-0.2, -0.15) is 0 Å². The number of hydrogen-bond acceptors (Lipinski definition) is 1. The van der Waals surface area contributed by atoms with Gasteiger partial charge in [-0.25, -0.2) is 0 Å². The first kappa shape index (κ1) is 13.7. The highest BCUT2D eigenvalue weighted by Crippen LogP contribution is 2.12. The van der Waals surface area contributed by atoms with Crippen LogP contribution in [0.25, 0.3) is 0 Å². The Labute approximate surface area is 116 Å². The van der Waals surface area contributed by atoms with Crippen molar-refractivity contribution in [3.8, 4) is 5.75 Å².